The number of nitrogens with one attached hydrogen (secondary N) is 1. The normalized spacial score (nSPS) is 13.9. The molecular weight excluding hydrogens is 216 g/mol. The Morgan fingerprint density at radius 1 is 1.40 bits per heavy atom. The molecule has 4 nitrogen and oxygen atoms in total. The highest BCUT2D eigenvalue weighted by Crippen LogP contribution is 2.27. The number of aromatic nitrogens is 2. The third kappa shape index (κ3) is 2.50. The van der Waals surface area contributed by atoms with Gasteiger partial charge in [0.15, 0.2) is 0 Å². The Hall–Kier alpha value is -1.03. The summed E-state index contributed by atoms with van der Waals surface area (Å²) in [5.41, 5.74) is -0.994. The number of hydrogen-bond acceptors (Lipinski definition) is 2. The van der Waals surface area contributed by atoms with Crippen LogP contribution in [-0.4, -0.2) is 9.55 Å². The smallest absolute Gasteiger partial charge is 0.298 e. The van der Waals surface area contributed by atoms with Crippen molar-refractivity contribution < 1.29 is 0 Å². The molecule has 1 aromatic heterocycles. The van der Waals surface area contributed by atoms with Gasteiger partial charge in [0, 0.05) is 12.1 Å². The lowest BCUT2D eigenvalue weighted by Crippen LogP contribution is -2.40. The van der Waals surface area contributed by atoms with E-state index in [9.17, 15) is 9.59 Å². The highest BCUT2D eigenvalue weighted by atomic mass is 35.5. The Labute approximate surface area is 92.9 Å². The number of halogens is 1. The lowest BCUT2D eigenvalue weighted by atomic mass is 9.88. The predicted molar refractivity (Wildman–Crippen MR) is 60.5 cm³/mol. The maximum absolute atomic E-state index is 11.6. The van der Waals surface area contributed by atoms with E-state index in [1.165, 1.54) is 10.6 Å². The summed E-state index contributed by atoms with van der Waals surface area (Å²) >= 11 is 5.57. The molecule has 1 aromatic rings. The lowest BCUT2D eigenvalue weighted by molar-refractivity contribution is 0.250. The molecule has 5 heteroatoms. The second kappa shape index (κ2) is 3.85. The van der Waals surface area contributed by atoms with Crippen LogP contribution in [0.1, 0.15) is 33.7 Å². The maximum Gasteiger partial charge on any atom is 0.329 e. The molecule has 0 spiro atoms. The van der Waals surface area contributed by atoms with Crippen LogP contribution in [0.5, 0.6) is 0 Å². The minimum Gasteiger partial charge on any atom is -0.298 e. The molecule has 0 aliphatic rings. The van der Waals surface area contributed by atoms with E-state index in [0.29, 0.717) is 0 Å². The van der Waals surface area contributed by atoms with Crippen molar-refractivity contribution in [1.29, 1.82) is 0 Å². The van der Waals surface area contributed by atoms with Gasteiger partial charge in [0.1, 0.15) is 5.15 Å². The Morgan fingerprint density at radius 2 is 1.93 bits per heavy atom. The van der Waals surface area contributed by atoms with E-state index in [0.717, 1.165) is 0 Å². The number of aromatic amines is 1. The van der Waals surface area contributed by atoms with Crippen LogP contribution >= 0.6 is 11.6 Å². The third-order valence-electron chi connectivity index (χ3n) is 2.57. The van der Waals surface area contributed by atoms with Crippen LogP contribution in [-0.2, 0) is 0 Å². The predicted octanol–water partition coefficient (Wildman–Crippen LogP) is 1.80. The molecule has 15 heavy (non-hydrogen) atoms. The van der Waals surface area contributed by atoms with Gasteiger partial charge in [-0.15, -0.1) is 0 Å². The second-order valence-electron chi connectivity index (χ2n) is 4.67. The molecule has 1 heterocycles. The van der Waals surface area contributed by atoms with Gasteiger partial charge in [-0.2, -0.15) is 0 Å². The highest BCUT2D eigenvalue weighted by Gasteiger charge is 2.24. The topological polar surface area (TPSA) is 54.9 Å². The van der Waals surface area contributed by atoms with E-state index in [4.69, 9.17) is 11.6 Å². The summed E-state index contributed by atoms with van der Waals surface area (Å²) in [6.45, 7) is 7.75. The molecule has 0 fully saturated rings. The quantitative estimate of drug-likeness (QED) is 0.748. The molecule has 0 amide bonds. The van der Waals surface area contributed by atoms with Crippen LogP contribution in [0.2, 0.25) is 5.15 Å². The first kappa shape index (κ1) is 12.0. The monoisotopic (exact) mass is 230 g/mol. The summed E-state index contributed by atoms with van der Waals surface area (Å²) in [7, 11) is 0. The Morgan fingerprint density at radius 3 is 2.33 bits per heavy atom. The lowest BCUT2D eigenvalue weighted by Gasteiger charge is -2.27. The first-order valence-corrected chi connectivity index (χ1v) is 5.12. The van der Waals surface area contributed by atoms with Crippen molar-refractivity contribution in [3.63, 3.8) is 0 Å². The van der Waals surface area contributed by atoms with Crippen molar-refractivity contribution in [2.75, 3.05) is 0 Å². The molecule has 1 N–H and O–H groups in total. The molecule has 1 atom stereocenters. The van der Waals surface area contributed by atoms with Gasteiger partial charge in [0.2, 0.25) is 0 Å². The molecule has 0 bridgehead atoms. The zero-order valence-electron chi connectivity index (χ0n) is 9.30. The highest BCUT2D eigenvalue weighted by molar-refractivity contribution is 6.29. The summed E-state index contributed by atoms with van der Waals surface area (Å²) in [5.74, 6) is 0. The average molecular weight is 231 g/mol. The van der Waals surface area contributed by atoms with Gasteiger partial charge in [-0.05, 0) is 12.3 Å². The fourth-order valence-corrected chi connectivity index (χ4v) is 1.40. The van der Waals surface area contributed by atoms with E-state index in [1.54, 1.807) is 0 Å². The van der Waals surface area contributed by atoms with Gasteiger partial charge >= 0.3 is 5.69 Å². The summed E-state index contributed by atoms with van der Waals surface area (Å²) in [6, 6.07) is 1.02. The summed E-state index contributed by atoms with van der Waals surface area (Å²) in [6.07, 6.45) is 0. The summed E-state index contributed by atoms with van der Waals surface area (Å²) in [5, 5.41) is 0.0716. The van der Waals surface area contributed by atoms with E-state index in [-0.39, 0.29) is 22.2 Å². The van der Waals surface area contributed by atoms with Crippen LogP contribution in [0, 0.1) is 5.41 Å². The first-order valence-electron chi connectivity index (χ1n) is 4.75. The van der Waals surface area contributed by atoms with Crippen molar-refractivity contribution in [3.05, 3.63) is 32.1 Å². The Kier molecular flexibility index (Phi) is 3.09. The average Bonchev–Trinajstić information content (AvgIpc) is 1.99. The molecule has 0 aliphatic carbocycles. The van der Waals surface area contributed by atoms with Gasteiger partial charge in [-0.3, -0.25) is 14.3 Å². The second-order valence-corrected chi connectivity index (χ2v) is 5.08. The van der Waals surface area contributed by atoms with E-state index < -0.39 is 5.69 Å². The van der Waals surface area contributed by atoms with Crippen molar-refractivity contribution in [1.82, 2.24) is 9.55 Å². The van der Waals surface area contributed by atoms with Gasteiger partial charge < -0.3 is 0 Å². The molecule has 0 aromatic carbocycles. The fraction of sp³-hybridized carbons (Fsp3) is 0.600. The van der Waals surface area contributed by atoms with Crippen molar-refractivity contribution in [2.45, 2.75) is 33.7 Å². The van der Waals surface area contributed by atoms with Crippen LogP contribution in [0.25, 0.3) is 0 Å². The minimum absolute atomic E-state index is 0.0716. The van der Waals surface area contributed by atoms with E-state index in [2.05, 4.69) is 4.98 Å². The Balaban J connectivity index is 3.40. The van der Waals surface area contributed by atoms with Gasteiger partial charge in [-0.25, -0.2) is 4.79 Å². The maximum atomic E-state index is 11.6. The standard InChI is InChI=1S/C10H15ClN2O2/c1-6(10(2,3)4)13-8(14)5-7(11)12-9(13)15/h5-6H,1-4H3,(H,12,15). The van der Waals surface area contributed by atoms with E-state index >= 15 is 0 Å². The third-order valence-corrected chi connectivity index (χ3v) is 2.78. The molecule has 1 rings (SSSR count). The van der Waals surface area contributed by atoms with Crippen molar-refractivity contribution >= 4 is 11.6 Å². The number of rotatable bonds is 1. The van der Waals surface area contributed by atoms with Crippen molar-refractivity contribution in [3.8, 4) is 0 Å². The molecular formula is C10H15ClN2O2. The largest absolute Gasteiger partial charge is 0.329 e. The van der Waals surface area contributed by atoms with Crippen LogP contribution in [0.15, 0.2) is 15.7 Å². The van der Waals surface area contributed by atoms with Gasteiger partial charge in [0.05, 0.1) is 0 Å². The molecule has 0 aliphatic heterocycles. The van der Waals surface area contributed by atoms with Gasteiger partial charge in [0.25, 0.3) is 5.56 Å². The number of hydrogen-bond donors (Lipinski definition) is 1. The number of H-pyrrole nitrogens is 1. The summed E-state index contributed by atoms with van der Waals surface area (Å²) < 4.78 is 1.19. The number of nitrogens with zero attached hydrogens (tertiary/aromatic N) is 1. The molecule has 0 saturated carbocycles. The Bertz CT molecular complexity index is 436. The van der Waals surface area contributed by atoms with Crippen LogP contribution < -0.4 is 11.2 Å². The molecule has 84 valence electrons. The first-order chi connectivity index (χ1) is 6.73. The molecule has 0 saturated heterocycles. The van der Waals surface area contributed by atoms with Crippen LogP contribution in [0.3, 0.4) is 0 Å². The fourth-order valence-electron chi connectivity index (χ4n) is 1.23. The van der Waals surface area contributed by atoms with Crippen LogP contribution in [0.4, 0.5) is 0 Å². The molecule has 0 radical (unpaired) electrons. The minimum atomic E-state index is -0.463. The SMILES string of the molecule is CC(n1c(=O)cc(Cl)[nH]c1=O)C(C)(C)C. The van der Waals surface area contributed by atoms with E-state index in [1.807, 2.05) is 27.7 Å². The molecule has 1 unspecified atom stereocenters. The zero-order chi connectivity index (χ0) is 11.8. The zero-order valence-corrected chi connectivity index (χ0v) is 10.1. The van der Waals surface area contributed by atoms with Crippen molar-refractivity contribution in [2.24, 2.45) is 5.41 Å². The summed E-state index contributed by atoms with van der Waals surface area (Å²) in [4.78, 5) is 25.6. The van der Waals surface area contributed by atoms with Gasteiger partial charge in [-0.1, -0.05) is 32.4 Å².